The highest BCUT2D eigenvalue weighted by molar-refractivity contribution is 7.22. The lowest BCUT2D eigenvalue weighted by Crippen LogP contribution is -2.14. The van der Waals surface area contributed by atoms with Gasteiger partial charge in [-0.25, -0.2) is 4.98 Å². The van der Waals surface area contributed by atoms with E-state index in [2.05, 4.69) is 32.0 Å². The lowest BCUT2D eigenvalue weighted by Gasteiger charge is -2.26. The predicted octanol–water partition coefficient (Wildman–Crippen LogP) is 5.29. The van der Waals surface area contributed by atoms with Crippen LogP contribution in [0.4, 0.5) is 5.00 Å². The number of aryl methyl sites for hydroxylation is 1. The molecule has 0 fully saturated rings. The fourth-order valence-electron chi connectivity index (χ4n) is 3.27. The molecule has 2 nitrogen and oxygen atoms in total. The van der Waals surface area contributed by atoms with Crippen LogP contribution in [0.3, 0.4) is 0 Å². The molecule has 2 heterocycles. The van der Waals surface area contributed by atoms with Crippen molar-refractivity contribution in [3.63, 3.8) is 0 Å². The van der Waals surface area contributed by atoms with Crippen LogP contribution in [0.1, 0.15) is 36.6 Å². The van der Waals surface area contributed by atoms with E-state index in [9.17, 15) is 0 Å². The number of hydrogen-bond donors (Lipinski definition) is 1. The summed E-state index contributed by atoms with van der Waals surface area (Å²) in [5.74, 6) is 1.30. The zero-order valence-corrected chi connectivity index (χ0v) is 13.9. The lowest BCUT2D eigenvalue weighted by molar-refractivity contribution is 0.431. The van der Waals surface area contributed by atoms with Gasteiger partial charge in [0.05, 0.1) is 15.2 Å². The molecular weight excluding hydrogens is 296 g/mol. The van der Waals surface area contributed by atoms with Crippen LogP contribution >= 0.6 is 22.7 Å². The summed E-state index contributed by atoms with van der Waals surface area (Å²) in [5.41, 5.74) is 10.1. The summed E-state index contributed by atoms with van der Waals surface area (Å²) < 4.78 is 1.24. The maximum Gasteiger partial charge on any atom is 0.127 e. The molecule has 1 aromatic carbocycles. The van der Waals surface area contributed by atoms with Gasteiger partial charge in [0.1, 0.15) is 5.01 Å². The minimum Gasteiger partial charge on any atom is -0.390 e. The Morgan fingerprint density at radius 2 is 2.00 bits per heavy atom. The molecule has 0 aliphatic heterocycles. The Balaban J connectivity index is 1.94. The van der Waals surface area contributed by atoms with Gasteiger partial charge >= 0.3 is 0 Å². The SMILES string of the molecule is CC1CCc2sc(N)c(-c3nc4ccccc4s3)c2C1C. The van der Waals surface area contributed by atoms with Gasteiger partial charge in [0, 0.05) is 10.4 Å². The van der Waals surface area contributed by atoms with Gasteiger partial charge < -0.3 is 5.73 Å². The summed E-state index contributed by atoms with van der Waals surface area (Å²) in [6.45, 7) is 4.69. The van der Waals surface area contributed by atoms with Crippen LogP contribution < -0.4 is 5.73 Å². The molecule has 2 N–H and O–H groups in total. The molecule has 0 spiro atoms. The van der Waals surface area contributed by atoms with Gasteiger partial charge in [-0.05, 0) is 42.4 Å². The van der Waals surface area contributed by atoms with E-state index in [4.69, 9.17) is 10.7 Å². The number of thiazole rings is 1. The Hall–Kier alpha value is -1.39. The highest BCUT2D eigenvalue weighted by Crippen LogP contribution is 2.49. The van der Waals surface area contributed by atoms with E-state index in [0.717, 1.165) is 21.4 Å². The van der Waals surface area contributed by atoms with E-state index in [1.807, 2.05) is 6.07 Å². The number of nitrogens with zero attached hydrogens (tertiary/aromatic N) is 1. The fraction of sp³-hybridized carbons (Fsp3) is 0.353. The molecule has 0 radical (unpaired) electrons. The maximum absolute atomic E-state index is 6.37. The van der Waals surface area contributed by atoms with Crippen LogP contribution in [-0.4, -0.2) is 4.98 Å². The molecule has 0 amide bonds. The van der Waals surface area contributed by atoms with E-state index in [0.29, 0.717) is 5.92 Å². The largest absolute Gasteiger partial charge is 0.390 e. The van der Waals surface area contributed by atoms with E-state index in [-0.39, 0.29) is 0 Å². The molecule has 2 atom stereocenters. The quantitative estimate of drug-likeness (QED) is 0.662. The monoisotopic (exact) mass is 314 g/mol. The maximum atomic E-state index is 6.37. The molecule has 21 heavy (non-hydrogen) atoms. The van der Waals surface area contributed by atoms with Crippen LogP contribution in [0.2, 0.25) is 0 Å². The number of fused-ring (bicyclic) bond motifs is 2. The van der Waals surface area contributed by atoms with Crippen LogP contribution in [-0.2, 0) is 6.42 Å². The van der Waals surface area contributed by atoms with Gasteiger partial charge in [-0.2, -0.15) is 0 Å². The van der Waals surface area contributed by atoms with Crippen molar-refractivity contribution >= 4 is 37.9 Å². The molecular formula is C17H18N2S2. The number of thiophene rings is 1. The smallest absolute Gasteiger partial charge is 0.127 e. The zero-order chi connectivity index (χ0) is 14.6. The molecule has 4 heteroatoms. The Morgan fingerprint density at radius 3 is 2.81 bits per heavy atom. The van der Waals surface area contributed by atoms with Crippen LogP contribution in [0.15, 0.2) is 24.3 Å². The number of hydrogen-bond acceptors (Lipinski definition) is 4. The average Bonchev–Trinajstić information content (AvgIpc) is 3.03. The Labute approximate surface area is 132 Å². The average molecular weight is 314 g/mol. The van der Waals surface area contributed by atoms with Gasteiger partial charge in [0.25, 0.3) is 0 Å². The van der Waals surface area contributed by atoms with E-state index >= 15 is 0 Å². The van der Waals surface area contributed by atoms with Crippen LogP contribution in [0.5, 0.6) is 0 Å². The summed E-state index contributed by atoms with van der Waals surface area (Å²) in [5, 5.41) is 2.03. The van der Waals surface area contributed by atoms with E-state index < -0.39 is 0 Å². The molecule has 4 rings (SSSR count). The van der Waals surface area contributed by atoms with Crippen LogP contribution in [0, 0.1) is 5.92 Å². The minimum absolute atomic E-state index is 0.573. The molecule has 1 aliphatic carbocycles. The van der Waals surface area contributed by atoms with Gasteiger partial charge in [0.2, 0.25) is 0 Å². The molecule has 2 aromatic heterocycles. The zero-order valence-electron chi connectivity index (χ0n) is 12.2. The molecule has 0 bridgehead atoms. The Morgan fingerprint density at radius 1 is 1.19 bits per heavy atom. The van der Waals surface area contributed by atoms with Gasteiger partial charge in [-0.1, -0.05) is 26.0 Å². The highest BCUT2D eigenvalue weighted by atomic mass is 32.1. The summed E-state index contributed by atoms with van der Waals surface area (Å²) in [4.78, 5) is 6.31. The van der Waals surface area contributed by atoms with Crippen molar-refractivity contribution in [1.82, 2.24) is 4.98 Å². The third-order valence-corrected chi connectivity index (χ3v) is 6.84. The van der Waals surface area contributed by atoms with Crippen LogP contribution in [0.25, 0.3) is 20.8 Å². The number of nitrogen functional groups attached to an aromatic ring is 1. The third kappa shape index (κ3) is 2.00. The first-order valence-corrected chi connectivity index (χ1v) is 9.05. The number of nitrogens with two attached hydrogens (primary N) is 1. The summed E-state index contributed by atoms with van der Waals surface area (Å²) in [7, 11) is 0. The van der Waals surface area contributed by atoms with Gasteiger partial charge in [-0.15, -0.1) is 22.7 Å². The van der Waals surface area contributed by atoms with Crippen molar-refractivity contribution in [1.29, 1.82) is 0 Å². The molecule has 0 saturated heterocycles. The molecule has 108 valence electrons. The van der Waals surface area contributed by atoms with Crippen molar-refractivity contribution in [2.45, 2.75) is 32.6 Å². The number of para-hydroxylation sites is 1. The fourth-order valence-corrected chi connectivity index (χ4v) is 5.57. The predicted molar refractivity (Wildman–Crippen MR) is 93.2 cm³/mol. The van der Waals surface area contributed by atoms with Gasteiger partial charge in [-0.3, -0.25) is 0 Å². The molecule has 2 unspecified atom stereocenters. The first kappa shape index (κ1) is 13.3. The summed E-state index contributed by atoms with van der Waals surface area (Å²) >= 11 is 3.53. The van der Waals surface area contributed by atoms with Gasteiger partial charge in [0.15, 0.2) is 0 Å². The summed E-state index contributed by atoms with van der Waals surface area (Å²) in [6, 6.07) is 8.33. The van der Waals surface area contributed by atoms with E-state index in [1.54, 1.807) is 22.7 Å². The van der Waals surface area contributed by atoms with Crippen molar-refractivity contribution in [3.05, 3.63) is 34.7 Å². The molecule has 1 aliphatic rings. The molecule has 3 aromatic rings. The number of anilines is 1. The lowest BCUT2D eigenvalue weighted by atomic mass is 9.79. The first-order chi connectivity index (χ1) is 10.1. The Kier molecular flexibility index (Phi) is 3.05. The highest BCUT2D eigenvalue weighted by Gasteiger charge is 2.30. The second kappa shape index (κ2) is 4.82. The molecule has 0 saturated carbocycles. The summed E-state index contributed by atoms with van der Waals surface area (Å²) in [6.07, 6.45) is 2.44. The third-order valence-electron chi connectivity index (χ3n) is 4.69. The van der Waals surface area contributed by atoms with Crippen molar-refractivity contribution in [2.75, 3.05) is 5.73 Å². The normalized spacial score (nSPS) is 21.6. The van der Waals surface area contributed by atoms with Crippen molar-refractivity contribution < 1.29 is 0 Å². The van der Waals surface area contributed by atoms with Crippen molar-refractivity contribution in [2.24, 2.45) is 5.92 Å². The minimum atomic E-state index is 0.573. The Bertz CT molecular complexity index is 782. The van der Waals surface area contributed by atoms with E-state index in [1.165, 1.54) is 33.5 Å². The van der Waals surface area contributed by atoms with Crippen molar-refractivity contribution in [3.8, 4) is 10.6 Å². The number of benzene rings is 1. The topological polar surface area (TPSA) is 38.9 Å². The first-order valence-electron chi connectivity index (χ1n) is 7.42. The number of aromatic nitrogens is 1. The standard InChI is InChI=1S/C17H18N2S2/c1-9-7-8-13-14(10(9)2)15(16(18)20-13)17-19-11-5-3-4-6-12(11)21-17/h3-6,9-10H,7-8,18H2,1-2H3. The number of rotatable bonds is 1. The second-order valence-electron chi connectivity index (χ2n) is 5.97. The second-order valence-corrected chi connectivity index (χ2v) is 8.14.